The van der Waals surface area contributed by atoms with Gasteiger partial charge < -0.3 is 0 Å². The second-order valence-electron chi connectivity index (χ2n) is 4.13. The molecule has 1 heterocycles. The Morgan fingerprint density at radius 3 is 2.50 bits per heavy atom. The molecule has 1 aromatic carbocycles. The number of benzene rings is 1. The van der Waals surface area contributed by atoms with Crippen LogP contribution < -0.4 is 0 Å². The van der Waals surface area contributed by atoms with Crippen molar-refractivity contribution in [3.05, 3.63) is 29.8 Å². The zero-order chi connectivity index (χ0) is 13.2. The van der Waals surface area contributed by atoms with Crippen molar-refractivity contribution in [3.63, 3.8) is 0 Å². The van der Waals surface area contributed by atoms with Crippen molar-refractivity contribution in [3.8, 4) is 0 Å². The highest BCUT2D eigenvalue weighted by Crippen LogP contribution is 2.29. The number of alkyl halides is 1. The third-order valence-corrected chi connectivity index (χ3v) is 5.01. The van der Waals surface area contributed by atoms with Gasteiger partial charge in [0.05, 0.1) is 5.56 Å². The van der Waals surface area contributed by atoms with Gasteiger partial charge in [0, 0.05) is 12.4 Å². The highest BCUT2D eigenvalue weighted by atomic mass is 35.5. The third-order valence-electron chi connectivity index (χ3n) is 2.91. The molecule has 0 bridgehead atoms. The predicted octanol–water partition coefficient (Wildman–Crippen LogP) is 2.24. The van der Waals surface area contributed by atoms with Gasteiger partial charge in [-0.25, -0.2) is 12.7 Å². The maximum absolute atomic E-state index is 12.1. The molecule has 1 aliphatic rings. The van der Waals surface area contributed by atoms with Crippen LogP contribution in [0.1, 0.15) is 29.6 Å². The van der Waals surface area contributed by atoms with E-state index in [0.29, 0.717) is 12.3 Å². The number of hydrogen-bond donors (Lipinski definition) is 0. The number of hydrogen-bond acceptors (Lipinski definition) is 3. The topological polar surface area (TPSA) is 54.5 Å². The molecular formula is C12H14ClNO3S. The molecule has 0 saturated carbocycles. The molecule has 6 heteroatoms. The highest BCUT2D eigenvalue weighted by molar-refractivity contribution is 7.90. The normalized spacial score (nSPS) is 16.9. The summed E-state index contributed by atoms with van der Waals surface area (Å²) in [5, 5.41) is 0. The average Bonchev–Trinajstić information content (AvgIpc) is 2.55. The number of amides is 1. The van der Waals surface area contributed by atoms with Crippen molar-refractivity contribution in [1.29, 1.82) is 0 Å². The summed E-state index contributed by atoms with van der Waals surface area (Å²) in [5.41, 5.74) is 0.273. The van der Waals surface area contributed by atoms with E-state index in [1.54, 1.807) is 18.2 Å². The SMILES string of the molecule is O=C1c2ccccc2S(=O)(=O)N1CCCCCCl. The first-order valence-corrected chi connectivity index (χ1v) is 7.78. The minimum atomic E-state index is -3.63. The molecule has 4 nitrogen and oxygen atoms in total. The standard InChI is InChI=1S/C12H14ClNO3S/c13-8-4-1-5-9-14-12(15)10-6-2-3-7-11(10)18(14,16)17/h2-3,6-7H,1,4-5,8-9H2. The van der Waals surface area contributed by atoms with Crippen LogP contribution in [0, 0.1) is 0 Å². The number of rotatable bonds is 5. The van der Waals surface area contributed by atoms with Crippen molar-refractivity contribution in [2.45, 2.75) is 24.2 Å². The summed E-state index contributed by atoms with van der Waals surface area (Å²) < 4.78 is 25.2. The van der Waals surface area contributed by atoms with E-state index >= 15 is 0 Å². The van der Waals surface area contributed by atoms with Crippen LogP contribution in [0.3, 0.4) is 0 Å². The Balaban J connectivity index is 2.18. The molecule has 0 aliphatic carbocycles. The van der Waals surface area contributed by atoms with E-state index in [9.17, 15) is 13.2 Å². The summed E-state index contributed by atoms with van der Waals surface area (Å²) in [4.78, 5) is 12.1. The van der Waals surface area contributed by atoms with Gasteiger partial charge in [-0.2, -0.15) is 0 Å². The van der Waals surface area contributed by atoms with Crippen molar-refractivity contribution in [2.75, 3.05) is 12.4 Å². The lowest BCUT2D eigenvalue weighted by molar-refractivity contribution is 0.0869. The minimum Gasteiger partial charge on any atom is -0.268 e. The van der Waals surface area contributed by atoms with Crippen LogP contribution in [0.25, 0.3) is 0 Å². The zero-order valence-electron chi connectivity index (χ0n) is 9.80. The first-order valence-electron chi connectivity index (χ1n) is 5.81. The van der Waals surface area contributed by atoms with Gasteiger partial charge in [0.25, 0.3) is 15.9 Å². The molecule has 0 fully saturated rings. The molecule has 0 aromatic heterocycles. The Hall–Kier alpha value is -1.07. The van der Waals surface area contributed by atoms with Crippen LogP contribution in [0.15, 0.2) is 29.2 Å². The third kappa shape index (κ3) is 2.24. The van der Waals surface area contributed by atoms with Crippen molar-refractivity contribution >= 4 is 27.5 Å². The van der Waals surface area contributed by atoms with Gasteiger partial charge in [-0.05, 0) is 25.0 Å². The Morgan fingerprint density at radius 1 is 1.11 bits per heavy atom. The zero-order valence-corrected chi connectivity index (χ0v) is 11.4. The number of carbonyl (C=O) groups excluding carboxylic acids is 1. The van der Waals surface area contributed by atoms with Crippen LogP contribution in [0.2, 0.25) is 0 Å². The smallest absolute Gasteiger partial charge is 0.268 e. The monoisotopic (exact) mass is 287 g/mol. The Bertz CT molecular complexity index is 556. The van der Waals surface area contributed by atoms with E-state index < -0.39 is 15.9 Å². The van der Waals surface area contributed by atoms with Gasteiger partial charge in [-0.3, -0.25) is 4.79 Å². The van der Waals surface area contributed by atoms with Crippen LogP contribution in [-0.4, -0.2) is 31.1 Å². The fraction of sp³-hybridized carbons (Fsp3) is 0.417. The molecule has 18 heavy (non-hydrogen) atoms. The first kappa shape index (κ1) is 13.4. The summed E-state index contributed by atoms with van der Waals surface area (Å²) in [7, 11) is -3.63. The van der Waals surface area contributed by atoms with Gasteiger partial charge in [0.1, 0.15) is 4.90 Å². The molecule has 0 saturated heterocycles. The number of unbranched alkanes of at least 4 members (excludes halogenated alkanes) is 2. The number of halogens is 1. The fourth-order valence-electron chi connectivity index (χ4n) is 1.98. The van der Waals surface area contributed by atoms with Crippen molar-refractivity contribution in [1.82, 2.24) is 4.31 Å². The summed E-state index contributed by atoms with van der Waals surface area (Å²) in [6.07, 6.45) is 2.29. The van der Waals surface area contributed by atoms with Crippen LogP contribution in [0.5, 0.6) is 0 Å². The summed E-state index contributed by atoms with van der Waals surface area (Å²) in [6.45, 7) is 0.229. The Morgan fingerprint density at radius 2 is 1.83 bits per heavy atom. The molecule has 0 spiro atoms. The van der Waals surface area contributed by atoms with Crippen molar-refractivity contribution < 1.29 is 13.2 Å². The summed E-state index contributed by atoms with van der Waals surface area (Å²) in [6, 6.07) is 6.32. The summed E-state index contributed by atoms with van der Waals surface area (Å²) in [5.74, 6) is 0.137. The van der Waals surface area contributed by atoms with Crippen LogP contribution >= 0.6 is 11.6 Å². The molecule has 1 aliphatic heterocycles. The maximum atomic E-state index is 12.1. The number of nitrogens with zero attached hydrogens (tertiary/aromatic N) is 1. The first-order chi connectivity index (χ1) is 8.59. The van der Waals surface area contributed by atoms with E-state index in [1.165, 1.54) is 6.07 Å². The molecule has 0 N–H and O–H groups in total. The molecular weight excluding hydrogens is 274 g/mol. The second-order valence-corrected chi connectivity index (χ2v) is 6.34. The van der Waals surface area contributed by atoms with E-state index in [-0.39, 0.29) is 17.0 Å². The number of fused-ring (bicyclic) bond motifs is 1. The Kier molecular flexibility index (Phi) is 3.92. The predicted molar refractivity (Wildman–Crippen MR) is 69.2 cm³/mol. The minimum absolute atomic E-state index is 0.118. The summed E-state index contributed by atoms with van der Waals surface area (Å²) >= 11 is 5.56. The largest absolute Gasteiger partial charge is 0.269 e. The van der Waals surface area contributed by atoms with Crippen LogP contribution in [0.4, 0.5) is 0 Å². The molecule has 2 rings (SSSR count). The lowest BCUT2D eigenvalue weighted by Gasteiger charge is -2.14. The molecule has 0 atom stereocenters. The van der Waals surface area contributed by atoms with Crippen LogP contribution in [-0.2, 0) is 10.0 Å². The molecule has 1 aromatic rings. The van der Waals surface area contributed by atoms with Gasteiger partial charge in [0.15, 0.2) is 0 Å². The molecule has 0 radical (unpaired) electrons. The van der Waals surface area contributed by atoms with E-state index in [1.807, 2.05) is 0 Å². The lowest BCUT2D eigenvalue weighted by atomic mass is 10.2. The van der Waals surface area contributed by atoms with Gasteiger partial charge >= 0.3 is 0 Å². The van der Waals surface area contributed by atoms with E-state index in [0.717, 1.165) is 17.1 Å². The second kappa shape index (κ2) is 5.28. The van der Waals surface area contributed by atoms with Crippen molar-refractivity contribution in [2.24, 2.45) is 0 Å². The van der Waals surface area contributed by atoms with Gasteiger partial charge in [-0.1, -0.05) is 18.6 Å². The Labute approximate surface area is 112 Å². The van der Waals surface area contributed by atoms with E-state index in [4.69, 9.17) is 11.6 Å². The molecule has 98 valence electrons. The molecule has 1 amide bonds. The number of carbonyl (C=O) groups is 1. The van der Waals surface area contributed by atoms with Gasteiger partial charge in [0.2, 0.25) is 0 Å². The fourth-order valence-corrected chi connectivity index (χ4v) is 3.78. The lowest BCUT2D eigenvalue weighted by Crippen LogP contribution is -2.30. The van der Waals surface area contributed by atoms with Gasteiger partial charge in [-0.15, -0.1) is 11.6 Å². The number of sulfonamides is 1. The van der Waals surface area contributed by atoms with E-state index in [2.05, 4.69) is 0 Å². The maximum Gasteiger partial charge on any atom is 0.269 e. The highest BCUT2D eigenvalue weighted by Gasteiger charge is 2.40. The average molecular weight is 288 g/mol. The quantitative estimate of drug-likeness (QED) is 0.616. The molecule has 0 unspecified atom stereocenters.